The normalized spacial score (nSPS) is 30.7. The van der Waals surface area contributed by atoms with Gasteiger partial charge in [0.15, 0.2) is 0 Å². The number of carbonyl (C=O) groups excluding carboxylic acids is 3. The zero-order valence-electron chi connectivity index (χ0n) is 23.1. The first-order valence-corrected chi connectivity index (χ1v) is 15.4. The molecule has 5 rings (SSSR count). The highest BCUT2D eigenvalue weighted by atomic mass is 32.2. The quantitative estimate of drug-likeness (QED) is 0.351. The van der Waals surface area contributed by atoms with E-state index in [1.165, 1.54) is 0 Å². The maximum Gasteiger partial charge on any atom is 0.247 e. The predicted octanol–water partition coefficient (Wildman–Crippen LogP) is 4.03. The summed E-state index contributed by atoms with van der Waals surface area (Å²) in [4.78, 5) is 48.5. The average Bonchev–Trinajstić information content (AvgIpc) is 3.24. The summed E-state index contributed by atoms with van der Waals surface area (Å²) >= 11 is 1.65. The molecule has 2 saturated heterocycles. The molecule has 1 N–H and O–H groups in total. The minimum atomic E-state index is -0.769. The second kappa shape index (κ2) is 11.9. The van der Waals surface area contributed by atoms with E-state index >= 15 is 0 Å². The third-order valence-corrected chi connectivity index (χ3v) is 10.5. The van der Waals surface area contributed by atoms with E-state index in [0.29, 0.717) is 19.6 Å². The number of hydrogen-bond donors (Lipinski definition) is 1. The van der Waals surface area contributed by atoms with E-state index in [4.69, 9.17) is 5.11 Å². The number of unbranched alkanes of at least 4 members (excludes halogenated alkanes) is 3. The van der Waals surface area contributed by atoms with Crippen molar-refractivity contribution in [3.8, 4) is 0 Å². The number of para-hydroxylation sites is 1. The smallest absolute Gasteiger partial charge is 0.247 e. The standard InChI is InChI=1S/C31H41N3O4S/c1-3-13-22(2)32-20-12-17-31-26(29(37)34(27(31)30(32)38)18-9-4-5-10-21-35)25-24(39-31)16-11-19-33(28(25)36)23-14-7-6-8-15-23/h6-8,11-12,14-17,22,24-27,35H,3-5,9-10,13,18-21H2,1-2H3/t22?,24-,25+,26+,27?,31+/m1/s1. The maximum absolute atomic E-state index is 14.4. The lowest BCUT2D eigenvalue weighted by Gasteiger charge is -2.37. The number of carbonyl (C=O) groups is 3. The largest absolute Gasteiger partial charge is 0.396 e. The minimum absolute atomic E-state index is 0.00691. The first kappa shape index (κ1) is 28.0. The van der Waals surface area contributed by atoms with E-state index in [1.807, 2.05) is 46.2 Å². The lowest BCUT2D eigenvalue weighted by molar-refractivity contribution is -0.143. The lowest BCUT2D eigenvalue weighted by atomic mass is 9.78. The molecule has 2 fully saturated rings. The van der Waals surface area contributed by atoms with E-state index in [2.05, 4.69) is 32.1 Å². The molecule has 1 aromatic carbocycles. The number of thioether (sulfide) groups is 1. The van der Waals surface area contributed by atoms with E-state index in [9.17, 15) is 14.4 Å². The first-order chi connectivity index (χ1) is 18.9. The summed E-state index contributed by atoms with van der Waals surface area (Å²) in [5.74, 6) is -1.21. The van der Waals surface area contributed by atoms with Crippen molar-refractivity contribution in [2.75, 3.05) is 31.1 Å². The van der Waals surface area contributed by atoms with E-state index in [0.717, 1.165) is 44.2 Å². The SMILES string of the molecule is CCCC(C)N1CC=C[C@]23S[C@@H]4C=CCN(c5ccccc5)C(=O)[C@@H]4[C@H]2C(=O)N(CCCCCCO)C3C1=O. The Hall–Kier alpha value is -2.58. The molecule has 3 amide bonds. The molecule has 2 unspecified atom stereocenters. The summed E-state index contributed by atoms with van der Waals surface area (Å²) in [6, 6.07) is 9.11. The number of rotatable bonds is 10. The number of fused-ring (bicyclic) bond motifs is 2. The lowest BCUT2D eigenvalue weighted by Crippen LogP contribution is -2.55. The molecule has 7 nitrogen and oxygen atoms in total. The minimum Gasteiger partial charge on any atom is -0.396 e. The van der Waals surface area contributed by atoms with Crippen molar-refractivity contribution in [3.05, 3.63) is 54.6 Å². The molecule has 210 valence electrons. The van der Waals surface area contributed by atoms with Crippen LogP contribution in [0.15, 0.2) is 54.6 Å². The van der Waals surface area contributed by atoms with Gasteiger partial charge < -0.3 is 19.8 Å². The van der Waals surface area contributed by atoms with Crippen molar-refractivity contribution >= 4 is 35.2 Å². The topological polar surface area (TPSA) is 81.2 Å². The van der Waals surface area contributed by atoms with Gasteiger partial charge in [-0.15, -0.1) is 11.8 Å². The number of likely N-dealkylation sites (tertiary alicyclic amines) is 1. The number of aliphatic hydroxyl groups is 1. The van der Waals surface area contributed by atoms with Crippen LogP contribution in [0, 0.1) is 11.8 Å². The number of amides is 3. The van der Waals surface area contributed by atoms with Crippen LogP contribution < -0.4 is 4.90 Å². The second-order valence-electron chi connectivity index (χ2n) is 11.3. The Morgan fingerprint density at radius 3 is 2.51 bits per heavy atom. The highest BCUT2D eigenvalue weighted by Crippen LogP contribution is 2.61. The van der Waals surface area contributed by atoms with Gasteiger partial charge >= 0.3 is 0 Å². The molecule has 1 aromatic rings. The molecule has 6 atom stereocenters. The van der Waals surface area contributed by atoms with Gasteiger partial charge in [-0.25, -0.2) is 0 Å². The Bertz CT molecular complexity index is 1120. The number of hydrogen-bond acceptors (Lipinski definition) is 5. The fourth-order valence-electron chi connectivity index (χ4n) is 6.95. The summed E-state index contributed by atoms with van der Waals surface area (Å²) in [6.07, 6.45) is 13.5. The summed E-state index contributed by atoms with van der Waals surface area (Å²) in [6.45, 7) is 5.88. The van der Waals surface area contributed by atoms with E-state index < -0.39 is 22.6 Å². The van der Waals surface area contributed by atoms with Gasteiger partial charge in [0.25, 0.3) is 0 Å². The fraction of sp³-hybridized carbons (Fsp3) is 0.581. The maximum atomic E-state index is 14.4. The summed E-state index contributed by atoms with van der Waals surface area (Å²) in [5.41, 5.74) is 0.827. The monoisotopic (exact) mass is 551 g/mol. The molecule has 0 saturated carbocycles. The van der Waals surface area contributed by atoms with Gasteiger partial charge in [0.05, 0.1) is 16.6 Å². The van der Waals surface area contributed by atoms with Gasteiger partial charge in [0.2, 0.25) is 17.7 Å². The van der Waals surface area contributed by atoms with Crippen molar-refractivity contribution < 1.29 is 19.5 Å². The van der Waals surface area contributed by atoms with Gasteiger partial charge in [-0.2, -0.15) is 0 Å². The van der Waals surface area contributed by atoms with Crippen LogP contribution in [0.4, 0.5) is 5.69 Å². The van der Waals surface area contributed by atoms with Crippen LogP contribution in [0.3, 0.4) is 0 Å². The molecule has 39 heavy (non-hydrogen) atoms. The fourth-order valence-corrected chi connectivity index (χ4v) is 8.96. The zero-order chi connectivity index (χ0) is 27.6. The second-order valence-corrected chi connectivity index (χ2v) is 12.7. The molecule has 0 aliphatic carbocycles. The molecule has 4 aliphatic rings. The number of aliphatic hydroxyl groups excluding tert-OH is 1. The Kier molecular flexibility index (Phi) is 8.52. The molecule has 8 heteroatoms. The highest BCUT2D eigenvalue weighted by Gasteiger charge is 2.71. The molecule has 0 radical (unpaired) electrons. The van der Waals surface area contributed by atoms with Crippen LogP contribution >= 0.6 is 11.8 Å². The van der Waals surface area contributed by atoms with Crippen LogP contribution in [0.1, 0.15) is 52.4 Å². The van der Waals surface area contributed by atoms with Crippen molar-refractivity contribution in [1.82, 2.24) is 9.80 Å². The number of nitrogens with zero attached hydrogens (tertiary/aromatic N) is 3. The molecule has 1 spiro atoms. The zero-order valence-corrected chi connectivity index (χ0v) is 23.9. The summed E-state index contributed by atoms with van der Waals surface area (Å²) < 4.78 is -0.769. The number of anilines is 1. The molecule has 0 bridgehead atoms. The summed E-state index contributed by atoms with van der Waals surface area (Å²) in [7, 11) is 0. The molecular formula is C31H41N3O4S. The third-order valence-electron chi connectivity index (χ3n) is 8.80. The highest BCUT2D eigenvalue weighted by molar-refractivity contribution is 8.02. The van der Waals surface area contributed by atoms with E-state index in [1.54, 1.807) is 16.7 Å². The molecule has 4 aliphatic heterocycles. The van der Waals surface area contributed by atoms with Crippen LogP contribution in [-0.2, 0) is 14.4 Å². The molecular weight excluding hydrogens is 510 g/mol. The van der Waals surface area contributed by atoms with Crippen molar-refractivity contribution in [1.29, 1.82) is 0 Å². The van der Waals surface area contributed by atoms with Gasteiger partial charge in [-0.05, 0) is 38.3 Å². The molecule has 4 heterocycles. The third kappa shape index (κ3) is 4.95. The van der Waals surface area contributed by atoms with Gasteiger partial charge in [0.1, 0.15) is 6.04 Å². The predicted molar refractivity (Wildman–Crippen MR) is 155 cm³/mol. The Morgan fingerprint density at radius 2 is 1.77 bits per heavy atom. The van der Waals surface area contributed by atoms with Crippen LogP contribution in [0.2, 0.25) is 0 Å². The van der Waals surface area contributed by atoms with Crippen molar-refractivity contribution in [2.24, 2.45) is 11.8 Å². The Labute approximate surface area is 236 Å². The van der Waals surface area contributed by atoms with Crippen molar-refractivity contribution in [2.45, 2.75) is 74.5 Å². The Balaban J connectivity index is 1.52. The summed E-state index contributed by atoms with van der Waals surface area (Å²) in [5, 5.41) is 9.01. The van der Waals surface area contributed by atoms with Crippen LogP contribution in [-0.4, -0.2) is 80.9 Å². The Morgan fingerprint density at radius 1 is 1.00 bits per heavy atom. The van der Waals surface area contributed by atoms with Gasteiger partial charge in [-0.1, -0.05) is 68.7 Å². The van der Waals surface area contributed by atoms with Crippen LogP contribution in [0.25, 0.3) is 0 Å². The first-order valence-electron chi connectivity index (χ1n) is 14.5. The van der Waals surface area contributed by atoms with Gasteiger partial charge in [0, 0.05) is 43.2 Å². The van der Waals surface area contributed by atoms with Crippen LogP contribution in [0.5, 0.6) is 0 Å². The molecule has 0 aromatic heterocycles. The average molecular weight is 552 g/mol. The van der Waals surface area contributed by atoms with Crippen molar-refractivity contribution in [3.63, 3.8) is 0 Å². The van der Waals surface area contributed by atoms with Gasteiger partial charge in [-0.3, -0.25) is 14.4 Å². The number of benzene rings is 1. The van der Waals surface area contributed by atoms with E-state index in [-0.39, 0.29) is 35.6 Å².